The predicted molar refractivity (Wildman–Crippen MR) is 66.0 cm³/mol. The van der Waals surface area contributed by atoms with Crippen molar-refractivity contribution < 1.29 is 0 Å². The molecule has 1 aromatic rings. The number of thiazole rings is 1. The number of nitrogens with zero attached hydrogens (tertiary/aromatic N) is 1. The summed E-state index contributed by atoms with van der Waals surface area (Å²) in [7, 11) is 0. The van der Waals surface area contributed by atoms with Crippen molar-refractivity contribution in [3.63, 3.8) is 0 Å². The van der Waals surface area contributed by atoms with Gasteiger partial charge in [0.15, 0.2) is 0 Å². The number of aromatic nitrogens is 1. The number of aryl methyl sites for hydroxylation is 1. The Morgan fingerprint density at radius 3 is 2.93 bits per heavy atom. The Bertz CT molecular complexity index is 269. The number of nitrogens with two attached hydrogens (primary N) is 1. The molecule has 0 saturated heterocycles. The van der Waals surface area contributed by atoms with Gasteiger partial charge in [0.25, 0.3) is 0 Å². The van der Waals surface area contributed by atoms with Crippen LogP contribution in [0.5, 0.6) is 0 Å². The van der Waals surface area contributed by atoms with Gasteiger partial charge in [-0.05, 0) is 32.4 Å². The predicted octanol–water partition coefficient (Wildman–Crippen LogP) is 1.92. The highest BCUT2D eigenvalue weighted by atomic mass is 32.1. The van der Waals surface area contributed by atoms with Crippen LogP contribution in [0.4, 0.5) is 0 Å². The number of hydrogen-bond acceptors (Lipinski definition) is 4. The van der Waals surface area contributed by atoms with Crippen molar-refractivity contribution in [2.24, 2.45) is 11.7 Å². The zero-order chi connectivity index (χ0) is 11.1. The van der Waals surface area contributed by atoms with Crippen molar-refractivity contribution in [2.75, 3.05) is 13.1 Å². The van der Waals surface area contributed by atoms with E-state index in [-0.39, 0.29) is 0 Å². The van der Waals surface area contributed by atoms with E-state index in [9.17, 15) is 0 Å². The summed E-state index contributed by atoms with van der Waals surface area (Å²) >= 11 is 1.72. The van der Waals surface area contributed by atoms with Crippen molar-refractivity contribution in [1.82, 2.24) is 10.3 Å². The maximum absolute atomic E-state index is 5.65. The van der Waals surface area contributed by atoms with E-state index >= 15 is 0 Å². The van der Waals surface area contributed by atoms with Gasteiger partial charge in [0, 0.05) is 11.4 Å². The van der Waals surface area contributed by atoms with E-state index < -0.39 is 0 Å². The molecular weight excluding hydrogens is 206 g/mol. The van der Waals surface area contributed by atoms with Crippen molar-refractivity contribution in [2.45, 2.75) is 33.2 Å². The fourth-order valence-electron chi connectivity index (χ4n) is 1.49. The zero-order valence-corrected chi connectivity index (χ0v) is 10.4. The minimum Gasteiger partial charge on any atom is -0.330 e. The second-order valence-electron chi connectivity index (χ2n) is 3.84. The molecule has 1 unspecified atom stereocenters. The highest BCUT2D eigenvalue weighted by molar-refractivity contribution is 7.09. The Hall–Kier alpha value is -0.450. The van der Waals surface area contributed by atoms with Crippen LogP contribution in [0.3, 0.4) is 0 Å². The molecule has 0 spiro atoms. The SMILES string of the molecule is CCC(CN)CCNCc1scnc1C. The molecule has 0 fully saturated rings. The second kappa shape index (κ2) is 6.93. The standard InChI is InChI=1S/C11H21N3S/c1-3-10(6-12)4-5-13-7-11-9(2)14-8-15-11/h8,10,13H,3-7,12H2,1-2H3. The van der Waals surface area contributed by atoms with Crippen LogP contribution in [-0.2, 0) is 6.54 Å². The maximum Gasteiger partial charge on any atom is 0.0798 e. The lowest BCUT2D eigenvalue weighted by Gasteiger charge is -2.11. The van der Waals surface area contributed by atoms with Gasteiger partial charge in [0.1, 0.15) is 0 Å². The van der Waals surface area contributed by atoms with Gasteiger partial charge < -0.3 is 11.1 Å². The minimum absolute atomic E-state index is 0.667. The summed E-state index contributed by atoms with van der Waals surface area (Å²) in [5.41, 5.74) is 8.70. The summed E-state index contributed by atoms with van der Waals surface area (Å²) in [4.78, 5) is 5.56. The molecule has 3 N–H and O–H groups in total. The molecule has 0 radical (unpaired) electrons. The van der Waals surface area contributed by atoms with Gasteiger partial charge >= 0.3 is 0 Å². The largest absolute Gasteiger partial charge is 0.330 e. The third kappa shape index (κ3) is 4.28. The van der Waals surface area contributed by atoms with Crippen LogP contribution >= 0.6 is 11.3 Å². The molecular formula is C11H21N3S. The molecule has 0 aromatic carbocycles. The maximum atomic E-state index is 5.65. The normalized spacial score (nSPS) is 13.0. The number of hydrogen-bond donors (Lipinski definition) is 2. The first-order chi connectivity index (χ1) is 7.27. The fraction of sp³-hybridized carbons (Fsp3) is 0.727. The molecule has 0 aliphatic carbocycles. The number of rotatable bonds is 7. The van der Waals surface area contributed by atoms with Crippen molar-refractivity contribution >= 4 is 11.3 Å². The molecule has 4 heteroatoms. The van der Waals surface area contributed by atoms with Crippen LogP contribution in [0.2, 0.25) is 0 Å². The summed E-state index contributed by atoms with van der Waals surface area (Å²) in [6, 6.07) is 0. The Labute approximate surface area is 96.1 Å². The third-order valence-corrected chi connectivity index (χ3v) is 3.71. The topological polar surface area (TPSA) is 50.9 Å². The van der Waals surface area contributed by atoms with Gasteiger partial charge in [-0.1, -0.05) is 13.3 Å². The van der Waals surface area contributed by atoms with Crippen molar-refractivity contribution in [3.05, 3.63) is 16.1 Å². The Morgan fingerprint density at radius 2 is 2.40 bits per heavy atom. The van der Waals surface area contributed by atoms with Gasteiger partial charge in [-0.15, -0.1) is 11.3 Å². The number of nitrogens with one attached hydrogen (secondary N) is 1. The van der Waals surface area contributed by atoms with Crippen LogP contribution in [0, 0.1) is 12.8 Å². The lowest BCUT2D eigenvalue weighted by atomic mass is 10.0. The van der Waals surface area contributed by atoms with Crippen LogP contribution in [0.25, 0.3) is 0 Å². The van der Waals surface area contributed by atoms with Gasteiger partial charge in [0.05, 0.1) is 11.2 Å². The van der Waals surface area contributed by atoms with E-state index in [2.05, 4.69) is 24.1 Å². The van der Waals surface area contributed by atoms with Gasteiger partial charge in [-0.2, -0.15) is 0 Å². The smallest absolute Gasteiger partial charge is 0.0798 e. The molecule has 0 amide bonds. The average Bonchev–Trinajstić information content (AvgIpc) is 2.65. The van der Waals surface area contributed by atoms with E-state index in [1.807, 2.05) is 5.51 Å². The van der Waals surface area contributed by atoms with Crippen LogP contribution in [0.15, 0.2) is 5.51 Å². The first kappa shape index (κ1) is 12.6. The van der Waals surface area contributed by atoms with E-state index in [0.29, 0.717) is 5.92 Å². The molecule has 86 valence electrons. The lowest BCUT2D eigenvalue weighted by molar-refractivity contribution is 0.460. The first-order valence-corrected chi connectivity index (χ1v) is 6.45. The van der Waals surface area contributed by atoms with E-state index in [4.69, 9.17) is 5.73 Å². The molecule has 1 heterocycles. The molecule has 1 atom stereocenters. The fourth-order valence-corrected chi connectivity index (χ4v) is 2.24. The Morgan fingerprint density at radius 1 is 1.60 bits per heavy atom. The summed E-state index contributed by atoms with van der Waals surface area (Å²) < 4.78 is 0. The van der Waals surface area contributed by atoms with Crippen LogP contribution in [0.1, 0.15) is 30.3 Å². The van der Waals surface area contributed by atoms with E-state index in [0.717, 1.165) is 25.3 Å². The minimum atomic E-state index is 0.667. The lowest BCUT2D eigenvalue weighted by Crippen LogP contribution is -2.21. The van der Waals surface area contributed by atoms with Gasteiger partial charge in [-0.3, -0.25) is 0 Å². The molecule has 1 rings (SSSR count). The monoisotopic (exact) mass is 227 g/mol. The molecule has 0 aliphatic heterocycles. The highest BCUT2D eigenvalue weighted by Gasteiger charge is 2.04. The summed E-state index contributed by atoms with van der Waals surface area (Å²) in [6.45, 7) is 7.05. The Balaban J connectivity index is 2.14. The third-order valence-electron chi connectivity index (χ3n) is 2.77. The molecule has 0 bridgehead atoms. The summed E-state index contributed by atoms with van der Waals surface area (Å²) in [5, 5.41) is 3.44. The molecule has 0 aliphatic rings. The summed E-state index contributed by atoms with van der Waals surface area (Å²) in [5.74, 6) is 0.667. The highest BCUT2D eigenvalue weighted by Crippen LogP contribution is 2.11. The average molecular weight is 227 g/mol. The van der Waals surface area contributed by atoms with Crippen LogP contribution in [-0.4, -0.2) is 18.1 Å². The summed E-state index contributed by atoms with van der Waals surface area (Å²) in [6.07, 6.45) is 2.35. The van der Waals surface area contributed by atoms with E-state index in [1.54, 1.807) is 11.3 Å². The molecule has 1 aromatic heterocycles. The molecule has 0 saturated carbocycles. The zero-order valence-electron chi connectivity index (χ0n) is 9.62. The van der Waals surface area contributed by atoms with E-state index in [1.165, 1.54) is 17.7 Å². The van der Waals surface area contributed by atoms with Gasteiger partial charge in [-0.25, -0.2) is 4.98 Å². The Kier molecular flexibility index (Phi) is 5.83. The van der Waals surface area contributed by atoms with Crippen molar-refractivity contribution in [1.29, 1.82) is 0 Å². The quantitative estimate of drug-likeness (QED) is 0.700. The van der Waals surface area contributed by atoms with Crippen molar-refractivity contribution in [3.8, 4) is 0 Å². The second-order valence-corrected chi connectivity index (χ2v) is 4.78. The van der Waals surface area contributed by atoms with Gasteiger partial charge in [0.2, 0.25) is 0 Å². The first-order valence-electron chi connectivity index (χ1n) is 5.57. The molecule has 3 nitrogen and oxygen atoms in total. The van der Waals surface area contributed by atoms with Crippen LogP contribution < -0.4 is 11.1 Å². The molecule has 15 heavy (non-hydrogen) atoms.